The maximum atomic E-state index is 12.2. The summed E-state index contributed by atoms with van der Waals surface area (Å²) in [7, 11) is -3.49. The molecule has 0 fully saturated rings. The number of rotatable bonds is 5. The van der Waals surface area contributed by atoms with Gasteiger partial charge in [-0.1, -0.05) is 11.6 Å². The molecule has 22 heavy (non-hydrogen) atoms. The molecule has 0 spiro atoms. The number of amides is 1. The molecule has 1 aromatic carbocycles. The van der Waals surface area contributed by atoms with Crippen LogP contribution >= 0.6 is 11.6 Å². The third-order valence-corrected chi connectivity index (χ3v) is 4.64. The number of hydrogen-bond acceptors (Lipinski definition) is 4. The molecule has 0 aliphatic heterocycles. The third kappa shape index (κ3) is 4.11. The molecule has 2 aromatic rings. The van der Waals surface area contributed by atoms with E-state index < -0.39 is 9.84 Å². The lowest BCUT2D eigenvalue weighted by Gasteiger charge is -2.13. The Morgan fingerprint density at radius 2 is 2.09 bits per heavy atom. The largest absolute Gasteiger partial charge is 0.469 e. The molecule has 0 radical (unpaired) electrons. The van der Waals surface area contributed by atoms with Crippen molar-refractivity contribution in [3.05, 3.63) is 52.9 Å². The Hall–Kier alpha value is -1.79. The molecule has 0 saturated carbocycles. The zero-order valence-electron chi connectivity index (χ0n) is 12.2. The quantitative estimate of drug-likeness (QED) is 0.907. The number of nitrogens with one attached hydrogen (secondary N) is 1. The first-order chi connectivity index (χ1) is 10.3. The van der Waals surface area contributed by atoms with Crippen LogP contribution in [0.3, 0.4) is 0 Å². The Balaban J connectivity index is 2.13. The van der Waals surface area contributed by atoms with Crippen LogP contribution in [-0.4, -0.2) is 26.6 Å². The van der Waals surface area contributed by atoms with E-state index in [9.17, 15) is 13.2 Å². The highest BCUT2D eigenvalue weighted by Crippen LogP contribution is 2.22. The summed E-state index contributed by atoms with van der Waals surface area (Å²) in [6, 6.07) is 7.63. The van der Waals surface area contributed by atoms with E-state index in [0.717, 1.165) is 12.0 Å². The lowest BCUT2D eigenvalue weighted by atomic mass is 10.1. The zero-order valence-corrected chi connectivity index (χ0v) is 13.7. The molecule has 1 heterocycles. The molecule has 5 nitrogen and oxygen atoms in total. The Morgan fingerprint density at radius 1 is 1.36 bits per heavy atom. The van der Waals surface area contributed by atoms with E-state index in [1.165, 1.54) is 18.2 Å². The lowest BCUT2D eigenvalue weighted by molar-refractivity contribution is 0.0939. The smallest absolute Gasteiger partial charge is 0.251 e. The predicted molar refractivity (Wildman–Crippen MR) is 83.9 cm³/mol. The fourth-order valence-corrected chi connectivity index (χ4v) is 3.32. The van der Waals surface area contributed by atoms with E-state index in [1.54, 1.807) is 12.3 Å². The van der Waals surface area contributed by atoms with Crippen LogP contribution in [0.25, 0.3) is 0 Å². The summed E-state index contributed by atoms with van der Waals surface area (Å²) in [6.07, 6.45) is 3.17. The van der Waals surface area contributed by atoms with Gasteiger partial charge < -0.3 is 9.73 Å². The molecule has 1 N–H and O–H groups in total. The standard InChI is InChI=1S/C15H16ClNO4S/c1-10(8-12-4-3-7-21-12)17-15(18)11-5-6-13(16)14(9-11)22(2,19)20/h3-7,9-10H,8H2,1-2H3,(H,17,18)/t10-/m0/s1. The first-order valence-electron chi connectivity index (χ1n) is 6.60. The first kappa shape index (κ1) is 16.6. The van der Waals surface area contributed by atoms with Crippen LogP contribution in [-0.2, 0) is 16.3 Å². The van der Waals surface area contributed by atoms with E-state index in [4.69, 9.17) is 16.0 Å². The molecule has 0 bridgehead atoms. The van der Waals surface area contributed by atoms with Gasteiger partial charge in [-0.15, -0.1) is 0 Å². The third-order valence-electron chi connectivity index (χ3n) is 3.06. The number of furan rings is 1. The first-order valence-corrected chi connectivity index (χ1v) is 8.87. The van der Waals surface area contributed by atoms with Gasteiger partial charge in [-0.2, -0.15) is 0 Å². The number of hydrogen-bond donors (Lipinski definition) is 1. The van der Waals surface area contributed by atoms with Crippen LogP contribution in [0.1, 0.15) is 23.0 Å². The van der Waals surface area contributed by atoms with Gasteiger partial charge in [0, 0.05) is 24.3 Å². The minimum absolute atomic E-state index is 0.0551. The molecule has 0 aliphatic carbocycles. The van der Waals surface area contributed by atoms with Gasteiger partial charge in [0.2, 0.25) is 0 Å². The summed E-state index contributed by atoms with van der Waals surface area (Å²) in [5.41, 5.74) is 0.246. The Morgan fingerprint density at radius 3 is 2.68 bits per heavy atom. The molecule has 0 aliphatic rings. The Kier molecular flexibility index (Phi) is 4.93. The van der Waals surface area contributed by atoms with Gasteiger partial charge in [0.15, 0.2) is 9.84 Å². The second-order valence-electron chi connectivity index (χ2n) is 5.08. The molecule has 118 valence electrons. The van der Waals surface area contributed by atoms with Crippen molar-refractivity contribution >= 4 is 27.3 Å². The molecule has 1 atom stereocenters. The van der Waals surface area contributed by atoms with Gasteiger partial charge in [-0.05, 0) is 37.3 Å². The topological polar surface area (TPSA) is 76.4 Å². The Labute approximate surface area is 134 Å². The van der Waals surface area contributed by atoms with E-state index in [-0.39, 0.29) is 27.4 Å². The molecule has 0 unspecified atom stereocenters. The van der Waals surface area contributed by atoms with Crippen molar-refractivity contribution in [1.82, 2.24) is 5.32 Å². The normalized spacial score (nSPS) is 12.9. The molecule has 2 rings (SSSR count). The van der Waals surface area contributed by atoms with Crippen molar-refractivity contribution in [2.75, 3.05) is 6.26 Å². The van der Waals surface area contributed by atoms with Crippen LogP contribution in [0, 0.1) is 0 Å². The second-order valence-corrected chi connectivity index (χ2v) is 7.47. The van der Waals surface area contributed by atoms with Crippen molar-refractivity contribution < 1.29 is 17.6 Å². The number of sulfone groups is 1. The average molecular weight is 342 g/mol. The zero-order chi connectivity index (χ0) is 16.3. The van der Waals surface area contributed by atoms with E-state index >= 15 is 0 Å². The number of carbonyl (C=O) groups is 1. The fraction of sp³-hybridized carbons (Fsp3) is 0.267. The maximum absolute atomic E-state index is 12.2. The van der Waals surface area contributed by atoms with Gasteiger partial charge in [0.05, 0.1) is 16.2 Å². The molecular formula is C15H16ClNO4S. The molecule has 1 aromatic heterocycles. The Bertz CT molecular complexity index is 769. The highest BCUT2D eigenvalue weighted by atomic mass is 35.5. The van der Waals surface area contributed by atoms with E-state index in [0.29, 0.717) is 6.42 Å². The van der Waals surface area contributed by atoms with Gasteiger partial charge in [0.1, 0.15) is 5.76 Å². The maximum Gasteiger partial charge on any atom is 0.251 e. The summed E-state index contributed by atoms with van der Waals surface area (Å²) < 4.78 is 28.5. The van der Waals surface area contributed by atoms with Crippen molar-refractivity contribution in [2.45, 2.75) is 24.3 Å². The van der Waals surface area contributed by atoms with Gasteiger partial charge >= 0.3 is 0 Å². The highest BCUT2D eigenvalue weighted by Gasteiger charge is 2.17. The highest BCUT2D eigenvalue weighted by molar-refractivity contribution is 7.90. The average Bonchev–Trinajstić information content (AvgIpc) is 2.90. The van der Waals surface area contributed by atoms with E-state index in [2.05, 4.69) is 5.32 Å². The van der Waals surface area contributed by atoms with Crippen LogP contribution in [0.2, 0.25) is 5.02 Å². The fourth-order valence-electron chi connectivity index (χ4n) is 2.02. The molecule has 7 heteroatoms. The minimum atomic E-state index is -3.49. The van der Waals surface area contributed by atoms with Crippen LogP contribution in [0.4, 0.5) is 0 Å². The second kappa shape index (κ2) is 6.54. The van der Waals surface area contributed by atoms with Crippen LogP contribution < -0.4 is 5.32 Å². The monoisotopic (exact) mass is 341 g/mol. The number of benzene rings is 1. The van der Waals surface area contributed by atoms with Crippen molar-refractivity contribution in [3.63, 3.8) is 0 Å². The van der Waals surface area contributed by atoms with Crippen molar-refractivity contribution in [2.24, 2.45) is 0 Å². The van der Waals surface area contributed by atoms with Crippen molar-refractivity contribution in [1.29, 1.82) is 0 Å². The molecular weight excluding hydrogens is 326 g/mol. The number of carbonyl (C=O) groups excluding carboxylic acids is 1. The van der Waals surface area contributed by atoms with Gasteiger partial charge in [0.25, 0.3) is 5.91 Å². The summed E-state index contributed by atoms with van der Waals surface area (Å²) >= 11 is 5.86. The van der Waals surface area contributed by atoms with Gasteiger partial charge in [-0.3, -0.25) is 4.79 Å². The summed E-state index contributed by atoms with van der Waals surface area (Å²) in [4.78, 5) is 12.1. The van der Waals surface area contributed by atoms with Crippen molar-refractivity contribution in [3.8, 4) is 0 Å². The lowest BCUT2D eigenvalue weighted by Crippen LogP contribution is -2.34. The summed E-state index contributed by atoms with van der Waals surface area (Å²) in [5.74, 6) is 0.404. The summed E-state index contributed by atoms with van der Waals surface area (Å²) in [6.45, 7) is 1.84. The molecule has 0 saturated heterocycles. The number of halogens is 1. The summed E-state index contributed by atoms with van der Waals surface area (Å²) in [5, 5.41) is 2.90. The van der Waals surface area contributed by atoms with Gasteiger partial charge in [-0.25, -0.2) is 8.42 Å². The van der Waals surface area contributed by atoms with E-state index in [1.807, 2.05) is 13.0 Å². The minimum Gasteiger partial charge on any atom is -0.469 e. The van der Waals surface area contributed by atoms with Crippen LogP contribution in [0.15, 0.2) is 45.9 Å². The van der Waals surface area contributed by atoms with Crippen LogP contribution in [0.5, 0.6) is 0 Å². The SMILES string of the molecule is C[C@@H](Cc1ccco1)NC(=O)c1ccc(Cl)c(S(C)(=O)=O)c1. The molecule has 1 amide bonds. The predicted octanol–water partition coefficient (Wildman–Crippen LogP) is 2.70.